The van der Waals surface area contributed by atoms with Gasteiger partial charge in [-0.2, -0.15) is 0 Å². The Morgan fingerprint density at radius 2 is 2.10 bits per heavy atom. The first-order chi connectivity index (χ1) is 9.49. The zero-order chi connectivity index (χ0) is 14.7. The van der Waals surface area contributed by atoms with Crippen molar-refractivity contribution in [1.29, 1.82) is 0 Å². The summed E-state index contributed by atoms with van der Waals surface area (Å²) in [6.45, 7) is 6.23. The summed E-state index contributed by atoms with van der Waals surface area (Å²) in [4.78, 5) is 14.6. The second kappa shape index (κ2) is 6.61. The number of nitrogen functional groups attached to an aromatic ring is 1. The highest BCUT2D eigenvalue weighted by Gasteiger charge is 2.24. The Hall–Kier alpha value is -1.03. The van der Waals surface area contributed by atoms with Crippen molar-refractivity contribution in [3.63, 3.8) is 0 Å². The third kappa shape index (κ3) is 3.54. The van der Waals surface area contributed by atoms with Crippen molar-refractivity contribution in [1.82, 2.24) is 4.90 Å². The molecule has 0 radical (unpaired) electrons. The van der Waals surface area contributed by atoms with Gasteiger partial charge in [0.15, 0.2) is 0 Å². The van der Waals surface area contributed by atoms with Crippen molar-refractivity contribution in [2.75, 3.05) is 18.8 Å². The number of hydrogen-bond acceptors (Lipinski definition) is 2. The maximum Gasteiger partial charge on any atom is 0.255 e. The summed E-state index contributed by atoms with van der Waals surface area (Å²) >= 11 is 3.41. The molecular weight excluding hydrogens is 316 g/mol. The molecule has 0 spiro atoms. The third-order valence-electron chi connectivity index (χ3n) is 4.25. The van der Waals surface area contributed by atoms with Crippen LogP contribution in [0.25, 0.3) is 0 Å². The molecule has 1 atom stereocenters. The first kappa shape index (κ1) is 15.4. The van der Waals surface area contributed by atoms with Crippen LogP contribution in [0.1, 0.15) is 43.5 Å². The van der Waals surface area contributed by atoms with Crippen LogP contribution >= 0.6 is 15.9 Å². The van der Waals surface area contributed by atoms with Crippen LogP contribution in [0.15, 0.2) is 22.7 Å². The molecule has 1 amide bonds. The number of benzene rings is 1. The van der Waals surface area contributed by atoms with Gasteiger partial charge in [0.2, 0.25) is 0 Å². The number of halogens is 1. The second-order valence-electron chi connectivity index (χ2n) is 5.96. The minimum atomic E-state index is 0.0632. The van der Waals surface area contributed by atoms with Crippen LogP contribution in [0.5, 0.6) is 0 Å². The molecule has 20 heavy (non-hydrogen) atoms. The number of likely N-dealkylation sites (tertiary alicyclic amines) is 1. The summed E-state index contributed by atoms with van der Waals surface area (Å²) in [7, 11) is 0. The summed E-state index contributed by atoms with van der Waals surface area (Å²) in [5, 5.41) is 0. The highest BCUT2D eigenvalue weighted by molar-refractivity contribution is 9.10. The Kier molecular flexibility index (Phi) is 5.08. The predicted octanol–water partition coefficient (Wildman–Crippen LogP) is 3.93. The zero-order valence-electron chi connectivity index (χ0n) is 12.2. The van der Waals surface area contributed by atoms with E-state index in [9.17, 15) is 4.79 Å². The average molecular weight is 339 g/mol. The van der Waals surface area contributed by atoms with E-state index in [0.717, 1.165) is 36.3 Å². The van der Waals surface area contributed by atoms with Crippen LogP contribution in [-0.2, 0) is 0 Å². The van der Waals surface area contributed by atoms with E-state index in [4.69, 9.17) is 5.73 Å². The Bertz CT molecular complexity index is 487. The fourth-order valence-electron chi connectivity index (χ4n) is 2.88. The Morgan fingerprint density at radius 3 is 2.80 bits per heavy atom. The quantitative estimate of drug-likeness (QED) is 0.830. The SMILES string of the molecule is CC(C)C1CCCN(C(=O)c2cc(Br)ccc2N)CC1. The van der Waals surface area contributed by atoms with Gasteiger partial charge in [-0.3, -0.25) is 4.79 Å². The summed E-state index contributed by atoms with van der Waals surface area (Å²) in [6, 6.07) is 5.47. The van der Waals surface area contributed by atoms with Gasteiger partial charge in [0, 0.05) is 23.2 Å². The number of carbonyl (C=O) groups is 1. The van der Waals surface area contributed by atoms with Crippen molar-refractivity contribution in [3.05, 3.63) is 28.2 Å². The molecule has 1 aliphatic heterocycles. The maximum absolute atomic E-state index is 12.6. The highest BCUT2D eigenvalue weighted by atomic mass is 79.9. The smallest absolute Gasteiger partial charge is 0.255 e. The van der Waals surface area contributed by atoms with Gasteiger partial charge >= 0.3 is 0 Å². The lowest BCUT2D eigenvalue weighted by Crippen LogP contribution is -2.32. The molecule has 0 aliphatic carbocycles. The Labute approximate surface area is 129 Å². The van der Waals surface area contributed by atoms with Gasteiger partial charge in [0.05, 0.1) is 5.56 Å². The molecule has 2 N–H and O–H groups in total. The highest BCUT2D eigenvalue weighted by Crippen LogP contribution is 2.26. The van der Waals surface area contributed by atoms with E-state index in [1.54, 1.807) is 6.07 Å². The normalized spacial score (nSPS) is 20.0. The summed E-state index contributed by atoms with van der Waals surface area (Å²) < 4.78 is 0.893. The Balaban J connectivity index is 2.11. The van der Waals surface area contributed by atoms with Crippen molar-refractivity contribution >= 4 is 27.5 Å². The molecule has 1 aliphatic rings. The van der Waals surface area contributed by atoms with E-state index in [1.807, 2.05) is 17.0 Å². The van der Waals surface area contributed by atoms with Gasteiger partial charge in [-0.1, -0.05) is 29.8 Å². The van der Waals surface area contributed by atoms with Crippen LogP contribution in [0.3, 0.4) is 0 Å². The van der Waals surface area contributed by atoms with Gasteiger partial charge in [-0.15, -0.1) is 0 Å². The first-order valence-corrected chi connectivity index (χ1v) is 8.12. The minimum Gasteiger partial charge on any atom is -0.398 e. The van der Waals surface area contributed by atoms with E-state index in [-0.39, 0.29) is 5.91 Å². The van der Waals surface area contributed by atoms with Crippen LogP contribution < -0.4 is 5.73 Å². The van der Waals surface area contributed by atoms with Crippen molar-refractivity contribution in [2.24, 2.45) is 11.8 Å². The molecule has 110 valence electrons. The molecule has 1 aromatic carbocycles. The fraction of sp³-hybridized carbons (Fsp3) is 0.562. The first-order valence-electron chi connectivity index (χ1n) is 7.33. The lowest BCUT2D eigenvalue weighted by molar-refractivity contribution is 0.0760. The van der Waals surface area contributed by atoms with Crippen molar-refractivity contribution in [2.45, 2.75) is 33.1 Å². The van der Waals surface area contributed by atoms with Crippen LogP contribution in [0.2, 0.25) is 0 Å². The van der Waals surface area contributed by atoms with Gasteiger partial charge < -0.3 is 10.6 Å². The monoisotopic (exact) mass is 338 g/mol. The zero-order valence-corrected chi connectivity index (χ0v) is 13.8. The van der Waals surface area contributed by atoms with Crippen LogP contribution in [0.4, 0.5) is 5.69 Å². The number of carbonyl (C=O) groups excluding carboxylic acids is 1. The summed E-state index contributed by atoms with van der Waals surface area (Å²) in [5.74, 6) is 1.49. The molecule has 0 saturated carbocycles. The number of nitrogens with two attached hydrogens (primary N) is 1. The largest absolute Gasteiger partial charge is 0.398 e. The van der Waals surface area contributed by atoms with Gasteiger partial charge in [0.1, 0.15) is 0 Å². The molecular formula is C16H23BrN2O. The van der Waals surface area contributed by atoms with Crippen LogP contribution in [-0.4, -0.2) is 23.9 Å². The van der Waals surface area contributed by atoms with E-state index in [2.05, 4.69) is 29.8 Å². The van der Waals surface area contributed by atoms with E-state index >= 15 is 0 Å². The fourth-order valence-corrected chi connectivity index (χ4v) is 3.24. The van der Waals surface area contributed by atoms with Gasteiger partial charge in [0.25, 0.3) is 5.91 Å². The predicted molar refractivity (Wildman–Crippen MR) is 86.6 cm³/mol. The molecule has 0 bridgehead atoms. The Morgan fingerprint density at radius 1 is 1.35 bits per heavy atom. The lowest BCUT2D eigenvalue weighted by atomic mass is 9.89. The van der Waals surface area contributed by atoms with Crippen molar-refractivity contribution in [3.8, 4) is 0 Å². The molecule has 1 aromatic rings. The number of amides is 1. The van der Waals surface area contributed by atoms with Gasteiger partial charge in [-0.05, 0) is 49.3 Å². The van der Waals surface area contributed by atoms with E-state index in [1.165, 1.54) is 6.42 Å². The molecule has 1 fully saturated rings. The molecule has 2 rings (SSSR count). The molecule has 4 heteroatoms. The van der Waals surface area contributed by atoms with Crippen LogP contribution in [0, 0.1) is 11.8 Å². The van der Waals surface area contributed by atoms with E-state index < -0.39 is 0 Å². The third-order valence-corrected chi connectivity index (χ3v) is 4.74. The summed E-state index contributed by atoms with van der Waals surface area (Å²) in [5.41, 5.74) is 7.11. The average Bonchev–Trinajstić information content (AvgIpc) is 2.66. The molecule has 1 unspecified atom stereocenters. The number of nitrogens with zero attached hydrogens (tertiary/aromatic N) is 1. The lowest BCUT2D eigenvalue weighted by Gasteiger charge is -2.22. The molecule has 0 aromatic heterocycles. The number of rotatable bonds is 2. The summed E-state index contributed by atoms with van der Waals surface area (Å²) in [6.07, 6.45) is 3.40. The standard InChI is InChI=1S/C16H23BrN2O/c1-11(2)12-4-3-8-19(9-7-12)16(20)14-10-13(17)5-6-15(14)18/h5-6,10-12H,3-4,7-9,18H2,1-2H3. The maximum atomic E-state index is 12.6. The van der Waals surface area contributed by atoms with E-state index in [0.29, 0.717) is 17.2 Å². The second-order valence-corrected chi connectivity index (χ2v) is 6.87. The molecule has 1 heterocycles. The molecule has 1 saturated heterocycles. The topological polar surface area (TPSA) is 46.3 Å². The molecule has 3 nitrogen and oxygen atoms in total. The van der Waals surface area contributed by atoms with Crippen molar-refractivity contribution < 1.29 is 4.79 Å². The number of anilines is 1. The van der Waals surface area contributed by atoms with Gasteiger partial charge in [-0.25, -0.2) is 0 Å². The number of hydrogen-bond donors (Lipinski definition) is 1. The minimum absolute atomic E-state index is 0.0632.